The molecule has 0 amide bonds. The van der Waals surface area contributed by atoms with Crippen molar-refractivity contribution >= 4 is 17.7 Å². The fourth-order valence-electron chi connectivity index (χ4n) is 6.84. The highest BCUT2D eigenvalue weighted by molar-refractivity contribution is 6.07. The molecule has 1 fully saturated rings. The van der Waals surface area contributed by atoms with Crippen LogP contribution in [0.1, 0.15) is 61.3 Å². The molecule has 0 bridgehead atoms. The van der Waals surface area contributed by atoms with Gasteiger partial charge in [-0.1, -0.05) is 72.8 Å². The third kappa shape index (κ3) is 6.36. The predicted molar refractivity (Wildman–Crippen MR) is 170 cm³/mol. The molecule has 5 rings (SSSR count). The molecule has 2 aliphatic heterocycles. The number of piperidine rings is 1. The minimum Gasteiger partial charge on any atom is -0.468 e. The van der Waals surface area contributed by atoms with Gasteiger partial charge in [-0.25, -0.2) is 4.79 Å². The molecule has 3 aromatic carbocycles. The number of hydrogen-bond acceptors (Lipinski definition) is 7. The van der Waals surface area contributed by atoms with Crippen LogP contribution in [0, 0.1) is 17.2 Å². The maximum absolute atomic E-state index is 13.6. The Bertz CT molecular complexity index is 1540. The second-order valence-electron chi connectivity index (χ2n) is 11.6. The van der Waals surface area contributed by atoms with E-state index in [1.165, 1.54) is 18.2 Å². The molecule has 1 saturated heterocycles. The number of hydrogen-bond donors (Lipinski definition) is 0. The summed E-state index contributed by atoms with van der Waals surface area (Å²) < 4.78 is 10.9. The van der Waals surface area contributed by atoms with Crippen molar-refractivity contribution in [2.75, 3.05) is 33.4 Å². The minimum atomic E-state index is -0.789. The first-order chi connectivity index (χ1) is 21.4. The molecular formula is C37H39N3O4. The summed E-state index contributed by atoms with van der Waals surface area (Å²) in [5.41, 5.74) is 5.22. The Hall–Kier alpha value is -4.54. The van der Waals surface area contributed by atoms with Gasteiger partial charge in [0.15, 0.2) is 0 Å². The van der Waals surface area contributed by atoms with Crippen LogP contribution in [0.25, 0.3) is 0 Å². The van der Waals surface area contributed by atoms with E-state index in [4.69, 9.17) is 9.47 Å². The van der Waals surface area contributed by atoms with Crippen LogP contribution in [0.15, 0.2) is 101 Å². The van der Waals surface area contributed by atoms with Crippen molar-refractivity contribution in [1.82, 2.24) is 4.90 Å². The number of nitrogens with zero attached hydrogens (tertiary/aromatic N) is 3. The molecule has 0 spiro atoms. The SMILES string of the molecule is COC(=O)C1C(C)=NC(C)=C(C(=O)OCCCN2CCC(c3ccccc3)(c3ccccc3)CC2)[C@@H]1c1cccc(C#N)c1. The maximum Gasteiger partial charge on any atom is 0.336 e. The fourth-order valence-corrected chi connectivity index (χ4v) is 6.84. The lowest BCUT2D eigenvalue weighted by molar-refractivity contribution is -0.144. The van der Waals surface area contributed by atoms with Gasteiger partial charge in [0.25, 0.3) is 0 Å². The van der Waals surface area contributed by atoms with Crippen LogP contribution < -0.4 is 0 Å². The fraction of sp³-hybridized carbons (Fsp3) is 0.351. The second kappa shape index (κ2) is 13.8. The summed E-state index contributed by atoms with van der Waals surface area (Å²) in [6.07, 6.45) is 2.73. The van der Waals surface area contributed by atoms with Crippen LogP contribution >= 0.6 is 0 Å². The summed E-state index contributed by atoms with van der Waals surface area (Å²) in [6.45, 7) is 6.50. The number of carbonyl (C=O) groups excluding carboxylic acids is 2. The van der Waals surface area contributed by atoms with Crippen molar-refractivity contribution in [2.24, 2.45) is 10.9 Å². The van der Waals surface area contributed by atoms with Crippen molar-refractivity contribution in [3.05, 3.63) is 118 Å². The Morgan fingerprint density at radius 3 is 2.18 bits per heavy atom. The number of esters is 2. The second-order valence-corrected chi connectivity index (χ2v) is 11.6. The van der Waals surface area contributed by atoms with Crippen LogP contribution in [0.4, 0.5) is 0 Å². The molecule has 2 heterocycles. The van der Waals surface area contributed by atoms with E-state index in [0.29, 0.717) is 34.5 Å². The lowest BCUT2D eigenvalue weighted by Gasteiger charge is -2.43. The molecule has 2 atom stereocenters. The summed E-state index contributed by atoms with van der Waals surface area (Å²) >= 11 is 0. The van der Waals surface area contributed by atoms with Gasteiger partial charge in [0.1, 0.15) is 5.92 Å². The number of likely N-dealkylation sites (tertiary alicyclic amines) is 1. The largest absolute Gasteiger partial charge is 0.468 e. The highest BCUT2D eigenvalue weighted by Crippen LogP contribution is 2.42. The summed E-state index contributed by atoms with van der Waals surface area (Å²) in [5, 5.41) is 9.48. The van der Waals surface area contributed by atoms with Crippen molar-refractivity contribution < 1.29 is 19.1 Å². The molecular weight excluding hydrogens is 550 g/mol. The van der Waals surface area contributed by atoms with Crippen LogP contribution in [-0.4, -0.2) is 55.9 Å². The number of allylic oxidation sites excluding steroid dienone is 1. The molecule has 0 N–H and O–H groups in total. The molecule has 44 heavy (non-hydrogen) atoms. The van der Waals surface area contributed by atoms with Crippen LogP contribution in [0.3, 0.4) is 0 Å². The van der Waals surface area contributed by atoms with Crippen molar-refractivity contribution in [2.45, 2.75) is 44.4 Å². The Balaban J connectivity index is 1.24. The molecule has 0 radical (unpaired) electrons. The Morgan fingerprint density at radius 2 is 1.59 bits per heavy atom. The number of aliphatic imine (C=N–C) groups is 1. The first-order valence-corrected chi connectivity index (χ1v) is 15.2. The average Bonchev–Trinajstić information content (AvgIpc) is 3.07. The number of nitriles is 1. The average molecular weight is 590 g/mol. The Labute approximate surface area is 259 Å². The van der Waals surface area contributed by atoms with E-state index < -0.39 is 23.8 Å². The number of carbonyl (C=O) groups is 2. The summed E-state index contributed by atoms with van der Waals surface area (Å²) in [5.74, 6) is -2.43. The first-order valence-electron chi connectivity index (χ1n) is 15.2. The minimum absolute atomic E-state index is 0.0108. The zero-order valence-corrected chi connectivity index (χ0v) is 25.7. The van der Waals surface area contributed by atoms with E-state index in [1.54, 1.807) is 32.0 Å². The summed E-state index contributed by atoms with van der Waals surface area (Å²) in [7, 11) is 1.33. The molecule has 7 nitrogen and oxygen atoms in total. The summed E-state index contributed by atoms with van der Waals surface area (Å²) in [4.78, 5) is 33.5. The Kier molecular flexibility index (Phi) is 9.72. The molecule has 226 valence electrons. The predicted octanol–water partition coefficient (Wildman–Crippen LogP) is 6.19. The van der Waals surface area contributed by atoms with Gasteiger partial charge in [-0.05, 0) is 75.0 Å². The topological polar surface area (TPSA) is 92.0 Å². The highest BCUT2D eigenvalue weighted by atomic mass is 16.5. The number of rotatable bonds is 9. The maximum atomic E-state index is 13.6. The number of ether oxygens (including phenoxy) is 2. The van der Waals surface area contributed by atoms with Crippen molar-refractivity contribution in [3.63, 3.8) is 0 Å². The third-order valence-corrected chi connectivity index (χ3v) is 9.09. The van der Waals surface area contributed by atoms with Gasteiger partial charge in [0.05, 0.1) is 30.9 Å². The van der Waals surface area contributed by atoms with Crippen LogP contribution in [0.5, 0.6) is 0 Å². The number of benzene rings is 3. The van der Waals surface area contributed by atoms with Crippen LogP contribution in [0.2, 0.25) is 0 Å². The molecule has 0 aliphatic carbocycles. The van der Waals surface area contributed by atoms with E-state index in [9.17, 15) is 14.9 Å². The normalized spacial score (nSPS) is 19.9. The monoisotopic (exact) mass is 589 g/mol. The Morgan fingerprint density at radius 1 is 0.955 bits per heavy atom. The van der Waals surface area contributed by atoms with Gasteiger partial charge < -0.3 is 14.4 Å². The third-order valence-electron chi connectivity index (χ3n) is 9.09. The van der Waals surface area contributed by atoms with Crippen LogP contribution in [-0.2, 0) is 24.5 Å². The number of methoxy groups -OCH3 is 1. The van der Waals surface area contributed by atoms with E-state index in [-0.39, 0.29) is 12.0 Å². The van der Waals surface area contributed by atoms with Gasteiger partial charge in [0.2, 0.25) is 0 Å². The molecule has 1 unspecified atom stereocenters. The van der Waals surface area contributed by atoms with Gasteiger partial charge >= 0.3 is 11.9 Å². The van der Waals surface area contributed by atoms with Gasteiger partial charge in [0, 0.05) is 29.3 Å². The first kappa shape index (κ1) is 30.9. The van der Waals surface area contributed by atoms with Gasteiger partial charge in [-0.3, -0.25) is 9.79 Å². The molecule has 2 aliphatic rings. The quantitative estimate of drug-likeness (QED) is 0.218. The van der Waals surface area contributed by atoms with Gasteiger partial charge in [-0.2, -0.15) is 5.26 Å². The lowest BCUT2D eigenvalue weighted by atomic mass is 9.68. The zero-order chi connectivity index (χ0) is 31.1. The molecule has 3 aromatic rings. The molecule has 0 aromatic heterocycles. The van der Waals surface area contributed by atoms with E-state index >= 15 is 0 Å². The highest BCUT2D eigenvalue weighted by Gasteiger charge is 2.42. The summed E-state index contributed by atoms with van der Waals surface area (Å²) in [6, 6.07) is 30.7. The van der Waals surface area contributed by atoms with Crippen molar-refractivity contribution in [1.29, 1.82) is 5.26 Å². The standard InChI is InChI=1S/C37H39N3O4/c1-26-32(35(41)43-3)34(29-13-10-12-28(24-29)25-38)33(27(2)39-26)36(42)44-23-11-20-40-21-18-37(19-22-40,30-14-6-4-7-15-30)31-16-8-5-9-17-31/h4-10,12-17,24,32,34H,11,18-23H2,1-3H3/t32?,34-/m1/s1. The van der Waals surface area contributed by atoms with E-state index in [2.05, 4.69) is 76.6 Å². The molecule has 7 heteroatoms. The lowest BCUT2D eigenvalue weighted by Crippen LogP contribution is -2.43. The smallest absolute Gasteiger partial charge is 0.336 e. The van der Waals surface area contributed by atoms with E-state index in [1.807, 2.05) is 6.07 Å². The zero-order valence-electron chi connectivity index (χ0n) is 25.7. The van der Waals surface area contributed by atoms with E-state index in [0.717, 1.165) is 32.5 Å². The molecule has 0 saturated carbocycles. The van der Waals surface area contributed by atoms with Crippen molar-refractivity contribution in [3.8, 4) is 6.07 Å². The van der Waals surface area contributed by atoms with Gasteiger partial charge in [-0.15, -0.1) is 0 Å².